The Kier molecular flexibility index (Phi) is 5.70. The van der Waals surface area contributed by atoms with Gasteiger partial charge in [0.25, 0.3) is 0 Å². The van der Waals surface area contributed by atoms with Gasteiger partial charge in [0.2, 0.25) is 0 Å². The lowest BCUT2D eigenvalue weighted by Crippen LogP contribution is -2.42. The second kappa shape index (κ2) is 7.13. The van der Waals surface area contributed by atoms with Crippen LogP contribution < -0.4 is 0 Å². The van der Waals surface area contributed by atoms with Gasteiger partial charge in [-0.3, -0.25) is 4.90 Å². The Morgan fingerprint density at radius 2 is 2.05 bits per heavy atom. The van der Waals surface area contributed by atoms with Gasteiger partial charge >= 0.3 is 0 Å². The molecule has 3 heteroatoms. The molecule has 1 fully saturated rings. The molecule has 5 unspecified atom stereocenters. The van der Waals surface area contributed by atoms with E-state index in [1.165, 1.54) is 12.0 Å². The maximum absolute atomic E-state index is 10.4. The van der Waals surface area contributed by atoms with E-state index in [1.807, 2.05) is 18.2 Å². The number of nitrogens with zero attached hydrogens (tertiary/aromatic N) is 1. The minimum Gasteiger partial charge on any atom is -0.393 e. The number of benzene rings is 1. The van der Waals surface area contributed by atoms with Crippen molar-refractivity contribution in [1.82, 2.24) is 4.90 Å². The molecule has 118 valence electrons. The molecule has 0 bridgehead atoms. The molecule has 21 heavy (non-hydrogen) atoms. The van der Waals surface area contributed by atoms with Crippen LogP contribution in [0.4, 0.5) is 0 Å². The van der Waals surface area contributed by atoms with E-state index in [-0.39, 0.29) is 6.10 Å². The highest BCUT2D eigenvalue weighted by Crippen LogP contribution is 2.35. The van der Waals surface area contributed by atoms with Gasteiger partial charge in [-0.05, 0) is 56.3 Å². The van der Waals surface area contributed by atoms with Crippen LogP contribution in [0.3, 0.4) is 0 Å². The summed E-state index contributed by atoms with van der Waals surface area (Å²) < 4.78 is 0. The van der Waals surface area contributed by atoms with Crippen LogP contribution in [-0.2, 0) is 0 Å². The lowest BCUT2D eigenvalue weighted by atomic mass is 9.73. The van der Waals surface area contributed by atoms with Gasteiger partial charge in [-0.15, -0.1) is 0 Å². The summed E-state index contributed by atoms with van der Waals surface area (Å²) >= 11 is 6.09. The van der Waals surface area contributed by atoms with Crippen LogP contribution in [0.5, 0.6) is 0 Å². The molecule has 1 aromatic rings. The molecule has 0 heterocycles. The summed E-state index contributed by atoms with van der Waals surface area (Å²) in [6, 6.07) is 8.37. The predicted octanol–water partition coefficient (Wildman–Crippen LogP) is 4.38. The van der Waals surface area contributed by atoms with E-state index in [0.29, 0.717) is 23.8 Å². The summed E-state index contributed by atoms with van der Waals surface area (Å²) in [5.74, 6) is 1.59. The lowest BCUT2D eigenvalue weighted by Gasteiger charge is -2.40. The van der Waals surface area contributed by atoms with Gasteiger partial charge in [-0.2, -0.15) is 0 Å². The Morgan fingerprint density at radius 3 is 2.67 bits per heavy atom. The molecule has 0 saturated heterocycles. The monoisotopic (exact) mass is 309 g/mol. The Bertz CT molecular complexity index is 452. The lowest BCUT2D eigenvalue weighted by molar-refractivity contribution is -0.00331. The number of hydrogen-bond donors (Lipinski definition) is 1. The van der Waals surface area contributed by atoms with Crippen molar-refractivity contribution in [3.8, 4) is 0 Å². The predicted molar refractivity (Wildman–Crippen MR) is 89.6 cm³/mol. The Morgan fingerprint density at radius 1 is 1.33 bits per heavy atom. The Hall–Kier alpha value is -0.570. The Labute approximate surface area is 134 Å². The van der Waals surface area contributed by atoms with Crippen molar-refractivity contribution in [3.05, 3.63) is 34.9 Å². The summed E-state index contributed by atoms with van der Waals surface area (Å²) in [5.41, 5.74) is 1.23. The van der Waals surface area contributed by atoms with Gasteiger partial charge in [0, 0.05) is 23.5 Å². The van der Waals surface area contributed by atoms with E-state index >= 15 is 0 Å². The molecule has 1 aliphatic carbocycles. The minimum atomic E-state index is -0.169. The average molecular weight is 310 g/mol. The highest BCUT2D eigenvalue weighted by molar-refractivity contribution is 6.30. The molecule has 1 aliphatic rings. The highest BCUT2D eigenvalue weighted by Gasteiger charge is 2.34. The third-order valence-electron chi connectivity index (χ3n) is 5.13. The standard InChI is InChI=1S/C18H28ClNO/c1-12-8-13(2)17(18(21)9-12)11-20(4)14(3)15-6-5-7-16(19)10-15/h5-7,10,12-14,17-18,21H,8-9,11H2,1-4H3. The van der Waals surface area contributed by atoms with Crippen molar-refractivity contribution in [3.63, 3.8) is 0 Å². The average Bonchev–Trinajstić information content (AvgIpc) is 2.41. The molecule has 0 amide bonds. The smallest absolute Gasteiger partial charge is 0.0585 e. The zero-order valence-corrected chi connectivity index (χ0v) is 14.3. The number of rotatable bonds is 4. The van der Waals surface area contributed by atoms with Crippen LogP contribution >= 0.6 is 11.6 Å². The van der Waals surface area contributed by atoms with E-state index in [1.54, 1.807) is 0 Å². The number of aliphatic hydroxyl groups is 1. The molecule has 0 aliphatic heterocycles. The van der Waals surface area contributed by atoms with E-state index in [2.05, 4.69) is 38.8 Å². The summed E-state index contributed by atoms with van der Waals surface area (Å²) in [6.45, 7) is 7.66. The van der Waals surface area contributed by atoms with Gasteiger partial charge in [-0.1, -0.05) is 37.6 Å². The summed E-state index contributed by atoms with van der Waals surface area (Å²) in [6.07, 6.45) is 1.99. The SMILES string of the molecule is CC1CC(C)C(CN(C)C(C)c2cccc(Cl)c2)C(O)C1. The zero-order chi connectivity index (χ0) is 15.6. The summed E-state index contributed by atoms with van der Waals surface area (Å²) in [7, 11) is 2.14. The van der Waals surface area contributed by atoms with Gasteiger partial charge in [-0.25, -0.2) is 0 Å². The largest absolute Gasteiger partial charge is 0.393 e. The quantitative estimate of drug-likeness (QED) is 0.892. The van der Waals surface area contributed by atoms with Crippen molar-refractivity contribution in [1.29, 1.82) is 0 Å². The van der Waals surface area contributed by atoms with Gasteiger partial charge in [0.15, 0.2) is 0 Å². The van der Waals surface area contributed by atoms with E-state index < -0.39 is 0 Å². The van der Waals surface area contributed by atoms with Crippen LogP contribution in [0.25, 0.3) is 0 Å². The van der Waals surface area contributed by atoms with Crippen molar-refractivity contribution in [2.45, 2.75) is 45.8 Å². The third kappa shape index (κ3) is 4.21. The second-order valence-corrected chi connectivity index (χ2v) is 7.39. The summed E-state index contributed by atoms with van der Waals surface area (Å²) in [4.78, 5) is 2.34. The first-order valence-corrected chi connectivity index (χ1v) is 8.40. The molecule has 1 N–H and O–H groups in total. The van der Waals surface area contributed by atoms with Crippen LogP contribution in [0.2, 0.25) is 5.02 Å². The molecule has 0 spiro atoms. The highest BCUT2D eigenvalue weighted by atomic mass is 35.5. The number of halogens is 1. The maximum Gasteiger partial charge on any atom is 0.0585 e. The fraction of sp³-hybridized carbons (Fsp3) is 0.667. The van der Waals surface area contributed by atoms with Crippen molar-refractivity contribution in [2.24, 2.45) is 17.8 Å². The normalized spacial score (nSPS) is 31.4. The number of aliphatic hydroxyl groups excluding tert-OH is 1. The van der Waals surface area contributed by atoms with E-state index in [9.17, 15) is 5.11 Å². The molecule has 2 rings (SSSR count). The van der Waals surface area contributed by atoms with Crippen molar-refractivity contribution in [2.75, 3.05) is 13.6 Å². The van der Waals surface area contributed by atoms with E-state index in [0.717, 1.165) is 18.0 Å². The topological polar surface area (TPSA) is 23.5 Å². The van der Waals surface area contributed by atoms with Crippen LogP contribution in [0.15, 0.2) is 24.3 Å². The molecule has 5 atom stereocenters. The first-order valence-electron chi connectivity index (χ1n) is 8.02. The minimum absolute atomic E-state index is 0.169. The van der Waals surface area contributed by atoms with Crippen molar-refractivity contribution < 1.29 is 5.11 Å². The number of hydrogen-bond acceptors (Lipinski definition) is 2. The van der Waals surface area contributed by atoms with Crippen LogP contribution in [0, 0.1) is 17.8 Å². The molecule has 2 nitrogen and oxygen atoms in total. The molecule has 0 aromatic heterocycles. The van der Waals surface area contributed by atoms with Crippen LogP contribution in [-0.4, -0.2) is 29.7 Å². The van der Waals surface area contributed by atoms with E-state index in [4.69, 9.17) is 11.6 Å². The first-order chi connectivity index (χ1) is 9.88. The summed E-state index contributed by atoms with van der Waals surface area (Å²) in [5, 5.41) is 11.2. The molecule has 1 saturated carbocycles. The fourth-order valence-electron chi connectivity index (χ4n) is 3.69. The molecular formula is C18H28ClNO. The molecule has 1 aromatic carbocycles. The third-order valence-corrected chi connectivity index (χ3v) is 5.37. The second-order valence-electron chi connectivity index (χ2n) is 6.96. The molecular weight excluding hydrogens is 282 g/mol. The van der Waals surface area contributed by atoms with Gasteiger partial charge < -0.3 is 5.11 Å². The first kappa shape index (κ1) is 16.8. The van der Waals surface area contributed by atoms with Crippen LogP contribution in [0.1, 0.15) is 45.2 Å². The van der Waals surface area contributed by atoms with Gasteiger partial charge in [0.1, 0.15) is 0 Å². The maximum atomic E-state index is 10.4. The Balaban J connectivity index is 2.01. The van der Waals surface area contributed by atoms with Crippen molar-refractivity contribution >= 4 is 11.6 Å². The fourth-order valence-corrected chi connectivity index (χ4v) is 3.88. The molecule has 0 radical (unpaired) electrons. The zero-order valence-electron chi connectivity index (χ0n) is 13.6. The van der Waals surface area contributed by atoms with Gasteiger partial charge in [0.05, 0.1) is 6.10 Å².